The molecular weight excluding hydrogens is 184 g/mol. The lowest BCUT2D eigenvalue weighted by molar-refractivity contribution is -0.274. The first-order valence-electron chi connectivity index (χ1n) is 3.34. The second-order valence-corrected chi connectivity index (χ2v) is 2.25. The first-order valence-corrected chi connectivity index (χ1v) is 3.34. The van der Waals surface area contributed by atoms with Gasteiger partial charge in [-0.25, -0.2) is 0 Å². The van der Waals surface area contributed by atoms with E-state index in [0.717, 1.165) is 12.1 Å². The molecule has 0 atom stereocenters. The summed E-state index contributed by atoms with van der Waals surface area (Å²) in [7, 11) is 0.698. The zero-order valence-corrected chi connectivity index (χ0v) is 6.38. The number of hydrogen-bond donors (Lipinski definition) is 1. The third-order valence-corrected chi connectivity index (χ3v) is 1.24. The van der Waals surface area contributed by atoms with Gasteiger partial charge in [-0.2, -0.15) is 0 Å². The normalized spacial score (nSPS) is 11.1. The summed E-state index contributed by atoms with van der Waals surface area (Å²) in [4.78, 5) is 0. The van der Waals surface area contributed by atoms with E-state index in [4.69, 9.17) is 5.02 Å². The molecule has 0 amide bonds. The van der Waals surface area contributed by atoms with Crippen LogP contribution in [0.4, 0.5) is 13.2 Å². The second-order valence-electron chi connectivity index (χ2n) is 2.25. The summed E-state index contributed by atoms with van der Waals surface area (Å²) < 4.78 is 38.7. The Balaban J connectivity index is 2.78. The Kier molecular flexibility index (Phi) is 2.82. The number of ether oxygens (including phenoxy) is 1. The quantitative estimate of drug-likeness (QED) is 0.697. The lowest BCUT2D eigenvalue weighted by Gasteiger charge is -2.08. The molecule has 0 aliphatic carbocycles. The van der Waals surface area contributed by atoms with Gasteiger partial charge >= 0.3 is 13.8 Å². The van der Waals surface area contributed by atoms with Crippen LogP contribution in [0.3, 0.4) is 0 Å². The molecule has 0 spiro atoms. The van der Waals surface area contributed by atoms with Gasteiger partial charge in [-0.1, -0.05) is 17.6 Å². The van der Waals surface area contributed by atoms with Gasteiger partial charge in [0, 0.05) is 0 Å². The minimum atomic E-state index is -4.70. The van der Waals surface area contributed by atoms with E-state index in [9.17, 15) is 13.2 Å². The second kappa shape index (κ2) is 3.70. The summed E-state index contributed by atoms with van der Waals surface area (Å²) in [6, 6.07) is 5.03. The Labute approximate surface area is 73.2 Å². The lowest BCUT2D eigenvalue weighted by atomic mass is 9.89. The highest BCUT2D eigenvalue weighted by atomic mass is 19.4. The van der Waals surface area contributed by atoms with Crippen molar-refractivity contribution in [2.45, 2.75) is 6.36 Å². The van der Waals surface area contributed by atoms with Gasteiger partial charge in [0.2, 0.25) is 0 Å². The van der Waals surface area contributed by atoms with Crippen molar-refractivity contribution in [2.24, 2.45) is 0 Å². The summed E-state index contributed by atoms with van der Waals surface area (Å²) in [5, 5.41) is 8.50. The van der Waals surface area contributed by atoms with E-state index < -0.39 is 6.36 Å². The van der Waals surface area contributed by atoms with Crippen LogP contribution in [0.15, 0.2) is 24.3 Å². The van der Waals surface area contributed by atoms with E-state index in [1.807, 2.05) is 0 Å². The highest BCUT2D eigenvalue weighted by Gasteiger charge is 2.30. The Morgan fingerprint density at radius 1 is 1.31 bits per heavy atom. The minimum Gasteiger partial charge on any atom is -0.450 e. The van der Waals surface area contributed by atoms with Crippen molar-refractivity contribution in [3.63, 3.8) is 0 Å². The van der Waals surface area contributed by atoms with Crippen LogP contribution >= 0.6 is 0 Å². The first-order chi connectivity index (χ1) is 6.01. The third kappa shape index (κ3) is 3.37. The van der Waals surface area contributed by atoms with Crippen LogP contribution < -0.4 is 10.2 Å². The Morgan fingerprint density at radius 3 is 2.54 bits per heavy atom. The molecule has 0 aliphatic heterocycles. The fraction of sp³-hybridized carbons (Fsp3) is 0.143. The van der Waals surface area contributed by atoms with Crippen molar-refractivity contribution >= 4 is 12.9 Å². The van der Waals surface area contributed by atoms with E-state index in [0.29, 0.717) is 7.48 Å². The molecule has 1 radical (unpaired) electrons. The van der Waals surface area contributed by atoms with Gasteiger partial charge in [0.1, 0.15) is 5.75 Å². The highest BCUT2D eigenvalue weighted by Crippen LogP contribution is 2.20. The molecule has 0 unspecified atom stereocenters. The topological polar surface area (TPSA) is 29.5 Å². The minimum absolute atomic E-state index is 0.252. The van der Waals surface area contributed by atoms with Crippen LogP contribution in [0.25, 0.3) is 0 Å². The molecule has 0 aromatic heterocycles. The van der Waals surface area contributed by atoms with E-state index in [2.05, 4.69) is 4.74 Å². The molecule has 69 valence electrons. The average Bonchev–Trinajstić information content (AvgIpc) is 2.01. The molecular formula is C7H5BF3O2. The standard InChI is InChI=1S/C7H5BF3O2/c9-7(10,11)13-6-3-1-2-5(4-6)8-12/h1-4,12H. The van der Waals surface area contributed by atoms with Gasteiger partial charge < -0.3 is 9.76 Å². The van der Waals surface area contributed by atoms with Crippen LogP contribution in [-0.2, 0) is 0 Å². The summed E-state index contributed by atoms with van der Waals surface area (Å²) in [6.07, 6.45) is -4.70. The lowest BCUT2D eigenvalue weighted by Crippen LogP contribution is -2.19. The molecule has 0 saturated heterocycles. The molecule has 1 rings (SSSR count). The average molecular weight is 189 g/mol. The van der Waals surface area contributed by atoms with Gasteiger partial charge in [0.25, 0.3) is 0 Å². The molecule has 2 nitrogen and oxygen atoms in total. The molecule has 0 fully saturated rings. The maximum absolute atomic E-state index is 11.7. The van der Waals surface area contributed by atoms with Crippen molar-refractivity contribution in [2.75, 3.05) is 0 Å². The molecule has 1 aromatic carbocycles. The van der Waals surface area contributed by atoms with Crippen molar-refractivity contribution < 1.29 is 22.9 Å². The van der Waals surface area contributed by atoms with Crippen LogP contribution in [0, 0.1) is 0 Å². The largest absolute Gasteiger partial charge is 0.573 e. The Hall–Kier alpha value is -1.17. The van der Waals surface area contributed by atoms with Crippen LogP contribution in [0.2, 0.25) is 0 Å². The molecule has 1 aromatic rings. The Morgan fingerprint density at radius 2 is 2.00 bits per heavy atom. The zero-order valence-electron chi connectivity index (χ0n) is 6.38. The monoisotopic (exact) mass is 189 g/mol. The highest BCUT2D eigenvalue weighted by molar-refractivity contribution is 6.45. The number of alkyl halides is 3. The van der Waals surface area contributed by atoms with E-state index >= 15 is 0 Å². The zero-order chi connectivity index (χ0) is 9.90. The van der Waals surface area contributed by atoms with E-state index in [1.165, 1.54) is 12.1 Å². The Bertz CT molecular complexity index is 287. The summed E-state index contributed by atoms with van der Waals surface area (Å²) in [5.74, 6) is -0.352. The van der Waals surface area contributed by atoms with Gasteiger partial charge in [-0.15, -0.1) is 13.2 Å². The summed E-state index contributed by atoms with van der Waals surface area (Å²) in [5.41, 5.74) is 0.252. The fourth-order valence-electron chi connectivity index (χ4n) is 0.792. The number of hydrogen-bond acceptors (Lipinski definition) is 2. The third-order valence-electron chi connectivity index (χ3n) is 1.24. The van der Waals surface area contributed by atoms with Gasteiger partial charge in [-0.3, -0.25) is 0 Å². The SMILES string of the molecule is O[B]c1cccc(OC(F)(F)F)c1. The van der Waals surface area contributed by atoms with Crippen LogP contribution in [0.5, 0.6) is 5.75 Å². The van der Waals surface area contributed by atoms with Crippen molar-refractivity contribution in [3.8, 4) is 5.75 Å². The van der Waals surface area contributed by atoms with Crippen molar-refractivity contribution in [3.05, 3.63) is 24.3 Å². The molecule has 1 N–H and O–H groups in total. The number of rotatable bonds is 2. The van der Waals surface area contributed by atoms with Crippen molar-refractivity contribution in [1.82, 2.24) is 0 Å². The predicted molar refractivity (Wildman–Crippen MR) is 40.7 cm³/mol. The van der Waals surface area contributed by atoms with Gasteiger partial charge in [-0.05, 0) is 12.1 Å². The summed E-state index contributed by atoms with van der Waals surface area (Å²) >= 11 is 0. The smallest absolute Gasteiger partial charge is 0.450 e. The van der Waals surface area contributed by atoms with E-state index in [-0.39, 0.29) is 11.2 Å². The van der Waals surface area contributed by atoms with Crippen molar-refractivity contribution in [1.29, 1.82) is 0 Å². The molecule has 6 heteroatoms. The predicted octanol–water partition coefficient (Wildman–Crippen LogP) is 0.822. The number of benzene rings is 1. The van der Waals surface area contributed by atoms with E-state index in [1.54, 1.807) is 0 Å². The first kappa shape index (κ1) is 9.92. The van der Waals surface area contributed by atoms with Gasteiger partial charge in [0.15, 0.2) is 0 Å². The maximum Gasteiger partial charge on any atom is 0.573 e. The van der Waals surface area contributed by atoms with Gasteiger partial charge in [0.05, 0.1) is 0 Å². The molecule has 0 bridgehead atoms. The molecule has 0 saturated carbocycles. The molecule has 13 heavy (non-hydrogen) atoms. The maximum atomic E-state index is 11.7. The molecule has 0 heterocycles. The van der Waals surface area contributed by atoms with Crippen LogP contribution in [-0.4, -0.2) is 18.9 Å². The molecule has 0 aliphatic rings. The summed E-state index contributed by atoms with van der Waals surface area (Å²) in [6.45, 7) is 0. The number of halogens is 3. The van der Waals surface area contributed by atoms with Crippen LogP contribution in [0.1, 0.15) is 0 Å². The fourth-order valence-corrected chi connectivity index (χ4v) is 0.792.